The van der Waals surface area contributed by atoms with Crippen LogP contribution in [0.25, 0.3) is 16.7 Å². The van der Waals surface area contributed by atoms with Crippen molar-refractivity contribution in [2.24, 2.45) is 0 Å². The molecule has 1 fully saturated rings. The summed E-state index contributed by atoms with van der Waals surface area (Å²) in [6, 6.07) is 17.4. The summed E-state index contributed by atoms with van der Waals surface area (Å²) in [6.45, 7) is 4.74. The van der Waals surface area contributed by atoms with Gasteiger partial charge in [0.25, 0.3) is 0 Å². The molecule has 0 amide bonds. The average Bonchev–Trinajstić information content (AvgIpc) is 2.83. The van der Waals surface area contributed by atoms with Crippen LogP contribution in [0.15, 0.2) is 48.5 Å². The SMILES string of the molecule is CC1(C)c2ccccc2-c2ccc(C3=CC4CCCC(C3)N4)cc21. The first-order chi connectivity index (χ1) is 11.6. The van der Waals surface area contributed by atoms with Gasteiger partial charge in [-0.15, -0.1) is 0 Å². The van der Waals surface area contributed by atoms with Crippen LogP contribution in [0.2, 0.25) is 0 Å². The Morgan fingerprint density at radius 2 is 1.79 bits per heavy atom. The van der Waals surface area contributed by atoms with Crippen LogP contribution in [0.3, 0.4) is 0 Å². The number of hydrogen-bond acceptors (Lipinski definition) is 1. The van der Waals surface area contributed by atoms with Gasteiger partial charge >= 0.3 is 0 Å². The van der Waals surface area contributed by atoms with E-state index in [4.69, 9.17) is 0 Å². The molecule has 2 atom stereocenters. The molecule has 0 aromatic heterocycles. The van der Waals surface area contributed by atoms with E-state index in [-0.39, 0.29) is 5.41 Å². The Kier molecular flexibility index (Phi) is 3.06. The van der Waals surface area contributed by atoms with Crippen molar-refractivity contribution >= 4 is 5.57 Å². The van der Waals surface area contributed by atoms with E-state index in [0.29, 0.717) is 12.1 Å². The van der Waals surface area contributed by atoms with E-state index in [1.807, 2.05) is 0 Å². The van der Waals surface area contributed by atoms with Gasteiger partial charge in [-0.1, -0.05) is 62.7 Å². The predicted molar refractivity (Wildman–Crippen MR) is 101 cm³/mol. The lowest BCUT2D eigenvalue weighted by molar-refractivity contribution is 0.348. The molecular weight excluding hydrogens is 290 g/mol. The number of hydrogen-bond donors (Lipinski definition) is 1. The van der Waals surface area contributed by atoms with Crippen molar-refractivity contribution in [2.75, 3.05) is 0 Å². The Morgan fingerprint density at radius 1 is 0.958 bits per heavy atom. The predicted octanol–water partition coefficient (Wildman–Crippen LogP) is 5.29. The van der Waals surface area contributed by atoms with Gasteiger partial charge in [0.2, 0.25) is 0 Å². The fourth-order valence-electron chi connectivity index (χ4n) is 5.04. The molecule has 0 saturated carbocycles. The van der Waals surface area contributed by atoms with Gasteiger partial charge in [-0.25, -0.2) is 0 Å². The van der Waals surface area contributed by atoms with Gasteiger partial charge in [-0.2, -0.15) is 0 Å². The lowest BCUT2D eigenvalue weighted by Crippen LogP contribution is -2.44. The molecule has 2 aromatic carbocycles. The third-order valence-corrected chi connectivity index (χ3v) is 6.34. The summed E-state index contributed by atoms with van der Waals surface area (Å²) in [4.78, 5) is 0. The normalized spacial score (nSPS) is 26.5. The quantitative estimate of drug-likeness (QED) is 0.754. The van der Waals surface area contributed by atoms with E-state index >= 15 is 0 Å². The monoisotopic (exact) mass is 315 g/mol. The molecule has 1 aliphatic carbocycles. The zero-order valence-electron chi connectivity index (χ0n) is 14.6. The van der Waals surface area contributed by atoms with Crippen molar-refractivity contribution in [3.05, 3.63) is 65.2 Å². The van der Waals surface area contributed by atoms with Gasteiger partial charge in [0, 0.05) is 17.5 Å². The Morgan fingerprint density at radius 3 is 2.67 bits per heavy atom. The summed E-state index contributed by atoms with van der Waals surface area (Å²) in [6.07, 6.45) is 7.67. The molecule has 122 valence electrons. The minimum absolute atomic E-state index is 0.102. The van der Waals surface area contributed by atoms with Gasteiger partial charge in [-0.3, -0.25) is 0 Å². The Hall–Kier alpha value is -1.86. The highest BCUT2D eigenvalue weighted by molar-refractivity contribution is 5.83. The number of rotatable bonds is 1. The Labute approximate surface area is 144 Å². The minimum atomic E-state index is 0.102. The maximum Gasteiger partial charge on any atom is 0.0258 e. The molecule has 1 N–H and O–H groups in total. The van der Waals surface area contributed by atoms with Crippen molar-refractivity contribution in [3.8, 4) is 11.1 Å². The molecule has 1 heteroatoms. The lowest BCUT2D eigenvalue weighted by atomic mass is 9.80. The third kappa shape index (κ3) is 2.04. The number of piperidine rings is 1. The van der Waals surface area contributed by atoms with Crippen molar-refractivity contribution in [3.63, 3.8) is 0 Å². The van der Waals surface area contributed by atoms with Crippen molar-refractivity contribution in [1.82, 2.24) is 5.32 Å². The molecule has 5 rings (SSSR count). The zero-order chi connectivity index (χ0) is 16.3. The van der Waals surface area contributed by atoms with Gasteiger partial charge in [-0.05, 0) is 58.7 Å². The van der Waals surface area contributed by atoms with Gasteiger partial charge in [0.15, 0.2) is 0 Å². The van der Waals surface area contributed by atoms with Crippen molar-refractivity contribution in [2.45, 2.75) is 57.0 Å². The van der Waals surface area contributed by atoms with Crippen LogP contribution in [0, 0.1) is 0 Å². The van der Waals surface area contributed by atoms with Crippen molar-refractivity contribution in [1.29, 1.82) is 0 Å². The fraction of sp³-hybridized carbons (Fsp3) is 0.391. The topological polar surface area (TPSA) is 12.0 Å². The molecule has 24 heavy (non-hydrogen) atoms. The molecule has 2 heterocycles. The Bertz CT molecular complexity index is 843. The van der Waals surface area contributed by atoms with Gasteiger partial charge in [0.05, 0.1) is 0 Å². The maximum atomic E-state index is 3.76. The summed E-state index contributed by atoms with van der Waals surface area (Å²) < 4.78 is 0. The standard InChI is InChI=1S/C23H25N/c1-23(2)21-9-4-3-8-19(21)20-11-10-15(14-22(20)23)16-12-17-6-5-7-18(13-16)24-17/h3-4,8-12,14,17-18,24H,5-7,13H2,1-2H3. The lowest BCUT2D eigenvalue weighted by Gasteiger charge is -2.35. The second-order valence-electron chi connectivity index (χ2n) is 8.23. The summed E-state index contributed by atoms with van der Waals surface area (Å²) in [5, 5.41) is 3.76. The number of nitrogens with one attached hydrogen (secondary N) is 1. The first kappa shape index (κ1) is 14.5. The van der Waals surface area contributed by atoms with E-state index in [0.717, 1.165) is 0 Å². The fourth-order valence-corrected chi connectivity index (χ4v) is 5.04. The molecule has 0 spiro atoms. The molecule has 2 aliphatic heterocycles. The first-order valence-corrected chi connectivity index (χ1v) is 9.34. The summed E-state index contributed by atoms with van der Waals surface area (Å²) in [5.41, 5.74) is 8.89. The Balaban J connectivity index is 1.61. The highest BCUT2D eigenvalue weighted by atomic mass is 15.0. The smallest absolute Gasteiger partial charge is 0.0258 e. The second kappa shape index (κ2) is 5.07. The number of fused-ring (bicyclic) bond motifs is 5. The highest BCUT2D eigenvalue weighted by Crippen LogP contribution is 2.49. The van der Waals surface area contributed by atoms with Crippen LogP contribution in [-0.4, -0.2) is 12.1 Å². The van der Waals surface area contributed by atoms with E-state index in [9.17, 15) is 0 Å². The number of benzene rings is 2. The molecule has 3 aliphatic rings. The van der Waals surface area contributed by atoms with Crippen LogP contribution in [-0.2, 0) is 5.41 Å². The molecule has 2 aromatic rings. The van der Waals surface area contributed by atoms with E-state index < -0.39 is 0 Å². The summed E-state index contributed by atoms with van der Waals surface area (Å²) in [7, 11) is 0. The van der Waals surface area contributed by atoms with E-state index in [1.165, 1.54) is 53.5 Å². The van der Waals surface area contributed by atoms with Crippen molar-refractivity contribution < 1.29 is 0 Å². The summed E-state index contributed by atoms with van der Waals surface area (Å²) >= 11 is 0. The zero-order valence-corrected chi connectivity index (χ0v) is 14.6. The molecule has 1 saturated heterocycles. The van der Waals surface area contributed by atoms with Gasteiger partial charge < -0.3 is 5.32 Å². The highest BCUT2D eigenvalue weighted by Gasteiger charge is 2.35. The van der Waals surface area contributed by atoms with Crippen LogP contribution in [0.1, 0.15) is 56.2 Å². The second-order valence-corrected chi connectivity index (χ2v) is 8.23. The molecular formula is C23H25N. The van der Waals surface area contributed by atoms with Crippen LogP contribution in [0.4, 0.5) is 0 Å². The maximum absolute atomic E-state index is 3.76. The van der Waals surface area contributed by atoms with E-state index in [2.05, 4.69) is 67.7 Å². The molecule has 1 nitrogen and oxygen atoms in total. The van der Waals surface area contributed by atoms with E-state index in [1.54, 1.807) is 5.57 Å². The third-order valence-electron chi connectivity index (χ3n) is 6.34. The average molecular weight is 315 g/mol. The summed E-state index contributed by atoms with van der Waals surface area (Å²) in [5.74, 6) is 0. The molecule has 2 unspecified atom stereocenters. The minimum Gasteiger partial charge on any atom is -0.307 e. The van der Waals surface area contributed by atoms with Crippen LogP contribution in [0.5, 0.6) is 0 Å². The molecule has 2 bridgehead atoms. The van der Waals surface area contributed by atoms with Gasteiger partial charge in [0.1, 0.15) is 0 Å². The van der Waals surface area contributed by atoms with Crippen LogP contribution >= 0.6 is 0 Å². The van der Waals surface area contributed by atoms with Crippen LogP contribution < -0.4 is 5.32 Å². The first-order valence-electron chi connectivity index (χ1n) is 9.34. The molecule has 0 radical (unpaired) electrons. The largest absolute Gasteiger partial charge is 0.307 e.